The number of hydroxylamine groups is 3. The molecular weight excluding hydrogens is 371 g/mol. The molecule has 2 aromatic heterocycles. The molecule has 0 saturated heterocycles. The molecule has 0 fully saturated rings. The van der Waals surface area contributed by atoms with E-state index in [0.717, 1.165) is 11.1 Å². The zero-order chi connectivity index (χ0) is 19.1. The van der Waals surface area contributed by atoms with Crippen LogP contribution in [0.1, 0.15) is 35.2 Å². The number of pyridine rings is 2. The van der Waals surface area contributed by atoms with Gasteiger partial charge in [0.1, 0.15) is 24.3 Å². The second kappa shape index (κ2) is 6.68. The zero-order valence-electron chi connectivity index (χ0n) is 14.2. The Kier molecular flexibility index (Phi) is 4.85. The van der Waals surface area contributed by atoms with E-state index in [1.165, 1.54) is 6.20 Å². The maximum Gasteiger partial charge on any atom is 0.422 e. The van der Waals surface area contributed by atoms with E-state index in [2.05, 4.69) is 9.97 Å². The number of fused-ring (bicyclic) bond motifs is 1. The number of hydrogen-bond acceptors (Lipinski definition) is 4. The fourth-order valence-corrected chi connectivity index (χ4v) is 3.57. The Morgan fingerprint density at radius 3 is 2.73 bits per heavy atom. The highest BCUT2D eigenvalue weighted by atomic mass is 35.5. The number of hydrogen-bond donors (Lipinski definition) is 0. The number of aromatic nitrogens is 2. The lowest BCUT2D eigenvalue weighted by Crippen LogP contribution is -2.38. The molecule has 5 nitrogen and oxygen atoms in total. The van der Waals surface area contributed by atoms with E-state index in [9.17, 15) is 18.4 Å². The van der Waals surface area contributed by atoms with Gasteiger partial charge < -0.3 is 14.6 Å². The Labute approximate surface area is 153 Å². The van der Waals surface area contributed by atoms with Crippen LogP contribution in [0.5, 0.6) is 5.88 Å². The number of nitrogens with zero attached hydrogens (tertiary/aromatic N) is 3. The van der Waals surface area contributed by atoms with Crippen LogP contribution in [0.4, 0.5) is 13.2 Å². The highest BCUT2D eigenvalue weighted by Gasteiger charge is 2.38. The number of quaternary nitrogens is 1. The van der Waals surface area contributed by atoms with Crippen molar-refractivity contribution in [3.8, 4) is 5.88 Å². The lowest BCUT2D eigenvalue weighted by molar-refractivity contribution is -0.928. The van der Waals surface area contributed by atoms with Crippen LogP contribution in [0.3, 0.4) is 0 Å². The van der Waals surface area contributed by atoms with E-state index in [4.69, 9.17) is 16.3 Å². The van der Waals surface area contributed by atoms with Crippen molar-refractivity contribution in [1.29, 1.82) is 0 Å². The molecule has 0 aromatic carbocycles. The van der Waals surface area contributed by atoms with Crippen LogP contribution in [0, 0.1) is 12.1 Å². The number of alkyl halides is 3. The van der Waals surface area contributed by atoms with E-state index < -0.39 is 23.5 Å². The Bertz CT molecular complexity index is 831. The van der Waals surface area contributed by atoms with Crippen LogP contribution in [-0.2, 0) is 13.1 Å². The van der Waals surface area contributed by atoms with Crippen molar-refractivity contribution in [2.75, 3.05) is 6.61 Å². The van der Waals surface area contributed by atoms with Crippen LogP contribution in [0.2, 0.25) is 5.15 Å². The Balaban J connectivity index is 1.77. The van der Waals surface area contributed by atoms with Gasteiger partial charge in [-0.15, -0.1) is 0 Å². The van der Waals surface area contributed by atoms with E-state index in [-0.39, 0.29) is 19.0 Å². The normalized spacial score (nSPS) is 22.3. The summed E-state index contributed by atoms with van der Waals surface area (Å²) in [6, 6.07) is 3.02. The number of halogens is 4. The summed E-state index contributed by atoms with van der Waals surface area (Å²) in [5.74, 6) is -0.0893. The highest BCUT2D eigenvalue weighted by molar-refractivity contribution is 6.30. The van der Waals surface area contributed by atoms with Gasteiger partial charge >= 0.3 is 6.18 Å². The molecule has 3 heterocycles. The van der Waals surface area contributed by atoms with Gasteiger partial charge in [0.25, 0.3) is 0 Å². The minimum atomic E-state index is -4.43. The van der Waals surface area contributed by atoms with Gasteiger partial charge in [-0.05, 0) is 26.0 Å². The summed E-state index contributed by atoms with van der Waals surface area (Å²) in [5.41, 5.74) is 2.68. The summed E-state index contributed by atoms with van der Waals surface area (Å²) in [6.07, 6.45) is -1.48. The minimum absolute atomic E-state index is 0.0893. The lowest BCUT2D eigenvalue weighted by Gasteiger charge is -2.43. The van der Waals surface area contributed by atoms with Gasteiger partial charge in [-0.2, -0.15) is 13.2 Å². The van der Waals surface area contributed by atoms with Crippen molar-refractivity contribution in [3.63, 3.8) is 0 Å². The quantitative estimate of drug-likeness (QED) is 0.441. The van der Waals surface area contributed by atoms with Crippen molar-refractivity contribution in [1.82, 2.24) is 9.97 Å². The molecule has 140 valence electrons. The van der Waals surface area contributed by atoms with Crippen LogP contribution in [-0.4, -0.2) is 27.4 Å². The molecule has 1 aliphatic heterocycles. The fraction of sp³-hybridized carbons (Fsp3) is 0.412. The summed E-state index contributed by atoms with van der Waals surface area (Å²) >= 11 is 6.13. The highest BCUT2D eigenvalue weighted by Crippen LogP contribution is 2.43. The third-order valence-electron chi connectivity index (χ3n) is 4.50. The van der Waals surface area contributed by atoms with Crippen molar-refractivity contribution < 1.29 is 22.6 Å². The Morgan fingerprint density at radius 1 is 1.38 bits per heavy atom. The lowest BCUT2D eigenvalue weighted by atomic mass is 10.1. The molecular formula is C17H17ClF3N3O2. The molecule has 26 heavy (non-hydrogen) atoms. The maximum absolute atomic E-state index is 13.3. The molecule has 0 bridgehead atoms. The van der Waals surface area contributed by atoms with Crippen LogP contribution >= 0.6 is 11.6 Å². The third-order valence-corrected chi connectivity index (χ3v) is 4.80. The molecule has 2 unspecified atom stereocenters. The van der Waals surface area contributed by atoms with Gasteiger partial charge in [-0.25, -0.2) is 9.97 Å². The molecule has 0 aliphatic carbocycles. The zero-order valence-corrected chi connectivity index (χ0v) is 14.9. The van der Waals surface area contributed by atoms with E-state index >= 15 is 0 Å². The summed E-state index contributed by atoms with van der Waals surface area (Å²) in [6.45, 7) is 2.37. The van der Waals surface area contributed by atoms with Crippen molar-refractivity contribution in [3.05, 3.63) is 57.1 Å². The van der Waals surface area contributed by atoms with Gasteiger partial charge in [-0.3, -0.25) is 0 Å². The standard InChI is InChI=1S/C17H17ClF3N3O2/c1-10-5-12(6-23-16(10)26-9-17(19,20)21)7-24(25)8-13-3-4-22-15(18)14(13)11(24)2/h3-6,11H,7-9H2,1-2H3. The summed E-state index contributed by atoms with van der Waals surface area (Å²) in [5, 5.41) is 13.6. The Morgan fingerprint density at radius 2 is 2.12 bits per heavy atom. The fourth-order valence-electron chi connectivity index (χ4n) is 3.23. The smallest absolute Gasteiger partial charge is 0.422 e. The largest absolute Gasteiger partial charge is 0.632 e. The molecule has 1 aliphatic rings. The van der Waals surface area contributed by atoms with Gasteiger partial charge in [0.2, 0.25) is 5.88 Å². The first-order chi connectivity index (χ1) is 12.1. The molecule has 0 saturated carbocycles. The summed E-state index contributed by atoms with van der Waals surface area (Å²) in [4.78, 5) is 7.97. The first-order valence-corrected chi connectivity index (χ1v) is 8.33. The van der Waals surface area contributed by atoms with E-state index in [1.807, 2.05) is 0 Å². The van der Waals surface area contributed by atoms with Crippen molar-refractivity contribution in [2.45, 2.75) is 39.2 Å². The molecule has 3 rings (SSSR count). The predicted octanol–water partition coefficient (Wildman–Crippen LogP) is 4.47. The molecule has 0 radical (unpaired) electrons. The van der Waals surface area contributed by atoms with Crippen LogP contribution < -0.4 is 4.74 Å². The molecule has 2 aromatic rings. The average molecular weight is 388 g/mol. The first-order valence-electron chi connectivity index (χ1n) is 7.95. The second-order valence-electron chi connectivity index (χ2n) is 6.49. The molecule has 2 atom stereocenters. The SMILES string of the molecule is Cc1cc(C[N+]2([O-])Cc3ccnc(Cl)c3C2C)cnc1OCC(F)(F)F. The van der Waals surface area contributed by atoms with Crippen molar-refractivity contribution in [2.24, 2.45) is 0 Å². The monoisotopic (exact) mass is 387 g/mol. The predicted molar refractivity (Wildman–Crippen MR) is 89.2 cm³/mol. The maximum atomic E-state index is 13.3. The van der Waals surface area contributed by atoms with Gasteiger partial charge in [0.05, 0.1) is 5.56 Å². The summed E-state index contributed by atoms with van der Waals surface area (Å²) < 4.78 is 40.9. The van der Waals surface area contributed by atoms with Gasteiger partial charge in [-0.1, -0.05) is 11.6 Å². The van der Waals surface area contributed by atoms with Gasteiger partial charge in [0, 0.05) is 29.1 Å². The molecule has 0 amide bonds. The number of ether oxygens (including phenoxy) is 1. The topological polar surface area (TPSA) is 58.1 Å². The average Bonchev–Trinajstić information content (AvgIpc) is 2.77. The molecule has 9 heteroatoms. The number of aryl methyl sites for hydroxylation is 1. The first kappa shape index (κ1) is 18.9. The van der Waals surface area contributed by atoms with Crippen LogP contribution in [0.25, 0.3) is 0 Å². The number of rotatable bonds is 4. The third kappa shape index (κ3) is 3.77. The van der Waals surface area contributed by atoms with Crippen LogP contribution in [0.15, 0.2) is 24.5 Å². The van der Waals surface area contributed by atoms with E-state index in [1.54, 1.807) is 32.2 Å². The van der Waals surface area contributed by atoms with E-state index in [0.29, 0.717) is 16.3 Å². The van der Waals surface area contributed by atoms with Crippen molar-refractivity contribution >= 4 is 11.6 Å². The summed E-state index contributed by atoms with van der Waals surface area (Å²) in [7, 11) is 0. The van der Waals surface area contributed by atoms with Gasteiger partial charge in [0.15, 0.2) is 6.61 Å². The second-order valence-corrected chi connectivity index (χ2v) is 6.85. The Hall–Kier alpha value is -1.90. The molecule has 0 N–H and O–H groups in total. The molecule has 0 spiro atoms. The minimum Gasteiger partial charge on any atom is -0.632 e.